The highest BCUT2D eigenvalue weighted by Crippen LogP contribution is 2.37. The second-order valence-corrected chi connectivity index (χ2v) is 6.75. The molecule has 0 atom stereocenters. The molecule has 160 valence electrons. The molecule has 0 bridgehead atoms. The molecule has 2 aromatic heterocycles. The Labute approximate surface area is 172 Å². The standard InChI is InChI=1S/C20H15F4N5O2/c1-10-7-8-12(16(21)15(10)20(22,23)24)26-18-25-9-11(2)17(27-18)28-29-13-5-3-4-6-14(13)31-19(29)30/h3-9H,1-2H3,(H2,25,26,27,28). The van der Waals surface area contributed by atoms with Gasteiger partial charge in [0, 0.05) is 11.8 Å². The van der Waals surface area contributed by atoms with Crippen LogP contribution in [0.4, 0.5) is 35.0 Å². The lowest BCUT2D eigenvalue weighted by Crippen LogP contribution is -2.23. The zero-order chi connectivity index (χ0) is 22.3. The van der Waals surface area contributed by atoms with Crippen LogP contribution in [0.1, 0.15) is 16.7 Å². The average molecular weight is 433 g/mol. The number of aryl methyl sites for hydroxylation is 2. The van der Waals surface area contributed by atoms with Crippen LogP contribution in [0.25, 0.3) is 11.1 Å². The Morgan fingerprint density at radius 2 is 1.81 bits per heavy atom. The monoisotopic (exact) mass is 433 g/mol. The largest absolute Gasteiger partial charge is 0.439 e. The molecule has 0 aliphatic carbocycles. The van der Waals surface area contributed by atoms with E-state index in [1.165, 1.54) is 19.2 Å². The smallest absolute Gasteiger partial charge is 0.406 e. The third kappa shape index (κ3) is 3.81. The highest BCUT2D eigenvalue weighted by Gasteiger charge is 2.37. The number of aromatic nitrogens is 3. The molecule has 4 aromatic rings. The fraction of sp³-hybridized carbons (Fsp3) is 0.150. The number of nitrogens with zero attached hydrogens (tertiary/aromatic N) is 3. The first kappa shape index (κ1) is 20.4. The molecule has 0 fully saturated rings. The summed E-state index contributed by atoms with van der Waals surface area (Å²) in [7, 11) is 0. The molecule has 7 nitrogen and oxygen atoms in total. The van der Waals surface area contributed by atoms with Crippen LogP contribution >= 0.6 is 0 Å². The van der Waals surface area contributed by atoms with E-state index in [1.807, 2.05) is 0 Å². The number of benzene rings is 2. The van der Waals surface area contributed by atoms with E-state index in [-0.39, 0.29) is 17.3 Å². The van der Waals surface area contributed by atoms with Crippen molar-refractivity contribution in [2.24, 2.45) is 0 Å². The first-order chi connectivity index (χ1) is 14.6. The third-order valence-electron chi connectivity index (χ3n) is 4.56. The van der Waals surface area contributed by atoms with Crippen molar-refractivity contribution in [3.63, 3.8) is 0 Å². The first-order valence-electron chi connectivity index (χ1n) is 8.99. The second kappa shape index (κ2) is 7.42. The van der Waals surface area contributed by atoms with E-state index in [9.17, 15) is 22.4 Å². The van der Waals surface area contributed by atoms with E-state index in [0.29, 0.717) is 16.7 Å². The summed E-state index contributed by atoms with van der Waals surface area (Å²) in [5.74, 6) is -2.13. The minimum atomic E-state index is -4.85. The van der Waals surface area contributed by atoms with Gasteiger partial charge in [0.15, 0.2) is 17.2 Å². The van der Waals surface area contributed by atoms with Crippen LogP contribution in [0.15, 0.2) is 51.8 Å². The maximum Gasteiger partial charge on any atom is 0.439 e. The molecule has 0 aliphatic heterocycles. The Kier molecular flexibility index (Phi) is 4.88. The zero-order valence-electron chi connectivity index (χ0n) is 16.2. The average Bonchev–Trinajstić information content (AvgIpc) is 3.01. The highest BCUT2D eigenvalue weighted by atomic mass is 19.4. The molecule has 4 rings (SSSR count). The van der Waals surface area contributed by atoms with Gasteiger partial charge < -0.3 is 9.73 Å². The summed E-state index contributed by atoms with van der Waals surface area (Å²) in [5, 5.41) is 2.46. The highest BCUT2D eigenvalue weighted by molar-refractivity contribution is 5.73. The first-order valence-corrected chi connectivity index (χ1v) is 8.99. The van der Waals surface area contributed by atoms with Gasteiger partial charge in [0.25, 0.3) is 0 Å². The Bertz CT molecular complexity index is 1340. The van der Waals surface area contributed by atoms with Crippen molar-refractivity contribution in [2.75, 3.05) is 10.7 Å². The summed E-state index contributed by atoms with van der Waals surface area (Å²) >= 11 is 0. The molecule has 0 saturated carbocycles. The van der Waals surface area contributed by atoms with E-state index >= 15 is 0 Å². The third-order valence-corrected chi connectivity index (χ3v) is 4.56. The van der Waals surface area contributed by atoms with Gasteiger partial charge in [-0.15, -0.1) is 0 Å². The predicted molar refractivity (Wildman–Crippen MR) is 106 cm³/mol. The van der Waals surface area contributed by atoms with Crippen molar-refractivity contribution in [3.05, 3.63) is 75.7 Å². The summed E-state index contributed by atoms with van der Waals surface area (Å²) in [5.41, 5.74) is 2.10. The van der Waals surface area contributed by atoms with Gasteiger partial charge in [-0.05, 0) is 37.6 Å². The molecule has 2 N–H and O–H groups in total. The van der Waals surface area contributed by atoms with Gasteiger partial charge in [-0.2, -0.15) is 22.8 Å². The lowest BCUT2D eigenvalue weighted by Gasteiger charge is -2.15. The minimum Gasteiger partial charge on any atom is -0.406 e. The van der Waals surface area contributed by atoms with E-state index in [4.69, 9.17) is 4.42 Å². The van der Waals surface area contributed by atoms with E-state index in [1.54, 1.807) is 31.2 Å². The topological polar surface area (TPSA) is 85.0 Å². The number of alkyl halides is 3. The van der Waals surface area contributed by atoms with Crippen LogP contribution in [0.2, 0.25) is 0 Å². The Balaban J connectivity index is 1.70. The fourth-order valence-electron chi connectivity index (χ4n) is 3.03. The summed E-state index contributed by atoms with van der Waals surface area (Å²) in [4.78, 5) is 20.3. The van der Waals surface area contributed by atoms with Crippen LogP contribution in [-0.4, -0.2) is 14.6 Å². The summed E-state index contributed by atoms with van der Waals surface area (Å²) < 4.78 is 60.3. The maximum atomic E-state index is 14.5. The van der Waals surface area contributed by atoms with Crippen molar-refractivity contribution in [1.29, 1.82) is 0 Å². The normalized spacial score (nSPS) is 11.7. The summed E-state index contributed by atoms with van der Waals surface area (Å²) in [6.07, 6.45) is -3.47. The van der Waals surface area contributed by atoms with Crippen molar-refractivity contribution < 1.29 is 22.0 Å². The lowest BCUT2D eigenvalue weighted by molar-refractivity contribution is -0.140. The molecule has 0 amide bonds. The summed E-state index contributed by atoms with van der Waals surface area (Å²) in [6, 6.07) is 9.02. The molecule has 31 heavy (non-hydrogen) atoms. The number of hydrogen-bond donors (Lipinski definition) is 2. The van der Waals surface area contributed by atoms with Gasteiger partial charge in [-0.25, -0.2) is 14.2 Å². The number of rotatable bonds is 4. The Morgan fingerprint density at radius 3 is 2.55 bits per heavy atom. The van der Waals surface area contributed by atoms with Crippen LogP contribution in [-0.2, 0) is 6.18 Å². The van der Waals surface area contributed by atoms with Gasteiger partial charge in [-0.1, -0.05) is 18.2 Å². The molecule has 2 heterocycles. The molecular formula is C20H15F4N5O2. The molecule has 0 aliphatic rings. The van der Waals surface area contributed by atoms with Crippen LogP contribution in [0, 0.1) is 19.7 Å². The van der Waals surface area contributed by atoms with E-state index in [2.05, 4.69) is 20.7 Å². The van der Waals surface area contributed by atoms with Crippen LogP contribution in [0.5, 0.6) is 0 Å². The lowest BCUT2D eigenvalue weighted by atomic mass is 10.1. The number of hydrogen-bond acceptors (Lipinski definition) is 6. The molecule has 0 spiro atoms. The molecule has 0 saturated heterocycles. The molecule has 2 aromatic carbocycles. The van der Waals surface area contributed by atoms with Gasteiger partial charge >= 0.3 is 11.9 Å². The van der Waals surface area contributed by atoms with Gasteiger partial charge in [-0.3, -0.25) is 5.43 Å². The van der Waals surface area contributed by atoms with Gasteiger partial charge in [0.2, 0.25) is 5.95 Å². The number of fused-ring (bicyclic) bond motifs is 1. The number of anilines is 3. The van der Waals surface area contributed by atoms with E-state index < -0.39 is 29.0 Å². The molecular weight excluding hydrogens is 418 g/mol. The molecule has 11 heteroatoms. The zero-order valence-corrected chi connectivity index (χ0v) is 16.2. The molecule has 0 radical (unpaired) electrons. The fourth-order valence-corrected chi connectivity index (χ4v) is 3.03. The quantitative estimate of drug-likeness (QED) is 0.451. The second-order valence-electron chi connectivity index (χ2n) is 6.75. The SMILES string of the molecule is Cc1cnc(Nc2ccc(C)c(C(F)(F)F)c2F)nc1Nn1c(=O)oc2ccccc21. The van der Waals surface area contributed by atoms with Crippen LogP contribution in [0.3, 0.4) is 0 Å². The van der Waals surface area contributed by atoms with Crippen molar-refractivity contribution in [2.45, 2.75) is 20.0 Å². The van der Waals surface area contributed by atoms with Gasteiger partial charge in [0.1, 0.15) is 5.52 Å². The Morgan fingerprint density at radius 1 is 1.06 bits per heavy atom. The Hall–Kier alpha value is -3.89. The predicted octanol–water partition coefficient (Wildman–Crippen LogP) is 4.78. The van der Waals surface area contributed by atoms with Crippen molar-refractivity contribution in [1.82, 2.24) is 14.6 Å². The number of oxazole rings is 1. The van der Waals surface area contributed by atoms with Gasteiger partial charge in [0.05, 0.1) is 11.3 Å². The number of nitrogens with one attached hydrogen (secondary N) is 2. The number of para-hydroxylation sites is 2. The summed E-state index contributed by atoms with van der Waals surface area (Å²) in [6.45, 7) is 2.83. The molecule has 0 unspecified atom stereocenters. The minimum absolute atomic E-state index is 0.162. The van der Waals surface area contributed by atoms with E-state index in [0.717, 1.165) is 10.7 Å². The van der Waals surface area contributed by atoms with Crippen molar-refractivity contribution >= 4 is 28.6 Å². The van der Waals surface area contributed by atoms with Crippen LogP contribution < -0.4 is 16.5 Å². The maximum absolute atomic E-state index is 14.5. The number of halogens is 4. The van der Waals surface area contributed by atoms with Crippen molar-refractivity contribution in [3.8, 4) is 0 Å².